The van der Waals surface area contributed by atoms with Gasteiger partial charge in [-0.25, -0.2) is 0 Å². The minimum absolute atomic E-state index is 0.00853. The second-order valence-electron chi connectivity index (χ2n) is 6.19. The Hall–Kier alpha value is -1.89. The molecule has 2 aromatic rings. The molecular formula is C20H24O. The Morgan fingerprint density at radius 2 is 1.43 bits per heavy atom. The van der Waals surface area contributed by atoms with Crippen molar-refractivity contribution in [3.8, 4) is 0 Å². The van der Waals surface area contributed by atoms with Crippen LogP contribution in [0.4, 0.5) is 0 Å². The molecule has 1 nitrogen and oxygen atoms in total. The van der Waals surface area contributed by atoms with Gasteiger partial charge in [-0.2, -0.15) is 0 Å². The number of hydrogen-bond acceptors (Lipinski definition) is 1. The second-order valence-corrected chi connectivity index (χ2v) is 6.19. The molecule has 0 saturated heterocycles. The molecule has 0 amide bonds. The molecule has 1 atom stereocenters. The molecule has 0 aromatic heterocycles. The largest absolute Gasteiger partial charge is 0.294 e. The van der Waals surface area contributed by atoms with Gasteiger partial charge in [-0.05, 0) is 68.0 Å². The first-order valence-corrected chi connectivity index (χ1v) is 7.56. The molecule has 0 fully saturated rings. The third kappa shape index (κ3) is 3.60. The van der Waals surface area contributed by atoms with Crippen LogP contribution in [0.2, 0.25) is 0 Å². The van der Waals surface area contributed by atoms with Crippen LogP contribution in [0.1, 0.15) is 45.1 Å². The zero-order chi connectivity index (χ0) is 15.6. The maximum Gasteiger partial charge on any atom is 0.166 e. The van der Waals surface area contributed by atoms with Crippen LogP contribution < -0.4 is 0 Å². The van der Waals surface area contributed by atoms with Crippen molar-refractivity contribution in [1.82, 2.24) is 0 Å². The predicted octanol–water partition coefficient (Wildman–Crippen LogP) is 4.98. The fourth-order valence-corrected chi connectivity index (χ4v) is 2.56. The molecule has 0 aliphatic carbocycles. The van der Waals surface area contributed by atoms with Crippen molar-refractivity contribution in [2.75, 3.05) is 0 Å². The fraction of sp³-hybridized carbons (Fsp3) is 0.350. The van der Waals surface area contributed by atoms with Crippen molar-refractivity contribution in [2.24, 2.45) is 5.92 Å². The van der Waals surface area contributed by atoms with Gasteiger partial charge in [-0.3, -0.25) is 4.79 Å². The third-order valence-electron chi connectivity index (χ3n) is 4.35. The lowest BCUT2D eigenvalue weighted by Crippen LogP contribution is -2.14. The molecule has 1 unspecified atom stereocenters. The minimum atomic E-state index is 0.00853. The standard InChI is InChI=1S/C20H24O/c1-13-6-8-18(10-15(13)3)11-17(5)20(21)19-9-7-14(2)16(4)12-19/h6-10,12,17H,11H2,1-5H3. The van der Waals surface area contributed by atoms with Gasteiger partial charge in [0.05, 0.1) is 0 Å². The van der Waals surface area contributed by atoms with Gasteiger partial charge < -0.3 is 0 Å². The first kappa shape index (κ1) is 15.5. The normalized spacial score (nSPS) is 12.2. The first-order valence-electron chi connectivity index (χ1n) is 7.56. The molecule has 1 heteroatoms. The molecule has 110 valence electrons. The predicted molar refractivity (Wildman–Crippen MR) is 89.0 cm³/mol. The summed E-state index contributed by atoms with van der Waals surface area (Å²) in [7, 11) is 0. The van der Waals surface area contributed by atoms with Crippen molar-refractivity contribution in [1.29, 1.82) is 0 Å². The molecule has 2 aromatic carbocycles. The highest BCUT2D eigenvalue weighted by Crippen LogP contribution is 2.19. The van der Waals surface area contributed by atoms with Crippen LogP contribution in [0.3, 0.4) is 0 Å². The van der Waals surface area contributed by atoms with Crippen LogP contribution in [-0.2, 0) is 6.42 Å². The summed E-state index contributed by atoms with van der Waals surface area (Å²) in [5, 5.41) is 0. The number of aryl methyl sites for hydroxylation is 4. The van der Waals surface area contributed by atoms with E-state index in [9.17, 15) is 4.79 Å². The lowest BCUT2D eigenvalue weighted by atomic mass is 9.90. The number of carbonyl (C=O) groups is 1. The minimum Gasteiger partial charge on any atom is -0.294 e. The molecule has 0 radical (unpaired) electrons. The van der Waals surface area contributed by atoms with Crippen molar-refractivity contribution in [3.05, 3.63) is 69.8 Å². The monoisotopic (exact) mass is 280 g/mol. The van der Waals surface area contributed by atoms with E-state index in [2.05, 4.69) is 45.9 Å². The number of ketones is 1. The number of benzene rings is 2. The molecular weight excluding hydrogens is 256 g/mol. The van der Waals surface area contributed by atoms with E-state index in [0.717, 1.165) is 12.0 Å². The van der Waals surface area contributed by atoms with Gasteiger partial charge in [0.2, 0.25) is 0 Å². The maximum absolute atomic E-state index is 12.6. The van der Waals surface area contributed by atoms with E-state index in [4.69, 9.17) is 0 Å². The average molecular weight is 280 g/mol. The van der Waals surface area contributed by atoms with Crippen molar-refractivity contribution >= 4 is 5.78 Å². The SMILES string of the molecule is Cc1ccc(CC(C)C(=O)c2ccc(C)c(C)c2)cc1C. The Morgan fingerprint density at radius 3 is 2.00 bits per heavy atom. The topological polar surface area (TPSA) is 17.1 Å². The fourth-order valence-electron chi connectivity index (χ4n) is 2.56. The lowest BCUT2D eigenvalue weighted by Gasteiger charge is -2.13. The molecule has 2 rings (SSSR count). The van der Waals surface area contributed by atoms with Crippen LogP contribution in [0.5, 0.6) is 0 Å². The maximum atomic E-state index is 12.6. The summed E-state index contributed by atoms with van der Waals surface area (Å²) in [5.74, 6) is 0.241. The summed E-state index contributed by atoms with van der Waals surface area (Å²) in [6.45, 7) is 10.4. The van der Waals surface area contributed by atoms with Gasteiger partial charge in [-0.1, -0.05) is 37.3 Å². The summed E-state index contributed by atoms with van der Waals surface area (Å²) < 4.78 is 0. The Bertz CT molecular complexity index is 668. The van der Waals surface area contributed by atoms with Gasteiger partial charge in [0.1, 0.15) is 0 Å². The number of rotatable bonds is 4. The van der Waals surface area contributed by atoms with Crippen LogP contribution >= 0.6 is 0 Å². The summed E-state index contributed by atoms with van der Waals surface area (Å²) in [6.07, 6.45) is 0.798. The molecule has 21 heavy (non-hydrogen) atoms. The van der Waals surface area contributed by atoms with E-state index in [1.165, 1.54) is 27.8 Å². The van der Waals surface area contributed by atoms with E-state index >= 15 is 0 Å². The highest BCUT2D eigenvalue weighted by Gasteiger charge is 2.16. The molecule has 0 saturated carbocycles. The van der Waals surface area contributed by atoms with Crippen LogP contribution in [0.15, 0.2) is 36.4 Å². The smallest absolute Gasteiger partial charge is 0.166 e. The van der Waals surface area contributed by atoms with E-state index in [-0.39, 0.29) is 11.7 Å². The van der Waals surface area contributed by atoms with Crippen LogP contribution in [0, 0.1) is 33.6 Å². The Labute approximate surface area is 128 Å². The Morgan fingerprint density at radius 1 is 0.857 bits per heavy atom. The van der Waals surface area contributed by atoms with Crippen molar-refractivity contribution in [3.63, 3.8) is 0 Å². The Kier molecular flexibility index (Phi) is 4.62. The Balaban J connectivity index is 2.15. The van der Waals surface area contributed by atoms with Gasteiger partial charge in [0.15, 0.2) is 5.78 Å². The highest BCUT2D eigenvalue weighted by atomic mass is 16.1. The highest BCUT2D eigenvalue weighted by molar-refractivity contribution is 5.98. The van der Waals surface area contributed by atoms with Gasteiger partial charge in [-0.15, -0.1) is 0 Å². The van der Waals surface area contributed by atoms with E-state index in [1.807, 2.05) is 25.1 Å². The molecule has 0 aliphatic rings. The summed E-state index contributed by atoms with van der Waals surface area (Å²) >= 11 is 0. The van der Waals surface area contributed by atoms with Crippen LogP contribution in [0.25, 0.3) is 0 Å². The zero-order valence-corrected chi connectivity index (χ0v) is 13.7. The quantitative estimate of drug-likeness (QED) is 0.722. The number of hydrogen-bond donors (Lipinski definition) is 0. The molecule has 0 spiro atoms. The molecule has 0 bridgehead atoms. The van der Waals surface area contributed by atoms with E-state index < -0.39 is 0 Å². The number of Topliss-reactive ketones (excluding diaryl/α,β-unsaturated/α-hetero) is 1. The summed E-state index contributed by atoms with van der Waals surface area (Å²) in [4.78, 5) is 12.6. The van der Waals surface area contributed by atoms with E-state index in [1.54, 1.807) is 0 Å². The molecule has 0 N–H and O–H groups in total. The second kappa shape index (κ2) is 6.26. The van der Waals surface area contributed by atoms with Gasteiger partial charge >= 0.3 is 0 Å². The average Bonchev–Trinajstić information content (AvgIpc) is 2.45. The lowest BCUT2D eigenvalue weighted by molar-refractivity contribution is 0.0929. The van der Waals surface area contributed by atoms with Crippen molar-refractivity contribution in [2.45, 2.75) is 41.0 Å². The van der Waals surface area contributed by atoms with Gasteiger partial charge in [0, 0.05) is 11.5 Å². The van der Waals surface area contributed by atoms with Gasteiger partial charge in [0.25, 0.3) is 0 Å². The molecule has 0 aliphatic heterocycles. The molecule has 0 heterocycles. The zero-order valence-electron chi connectivity index (χ0n) is 13.7. The first-order chi connectivity index (χ1) is 9.88. The van der Waals surface area contributed by atoms with Crippen LogP contribution in [-0.4, -0.2) is 5.78 Å². The van der Waals surface area contributed by atoms with Crippen molar-refractivity contribution < 1.29 is 4.79 Å². The number of carbonyl (C=O) groups excluding carboxylic acids is 1. The summed E-state index contributed by atoms with van der Waals surface area (Å²) in [5.41, 5.74) is 7.06. The summed E-state index contributed by atoms with van der Waals surface area (Å²) in [6, 6.07) is 12.4. The third-order valence-corrected chi connectivity index (χ3v) is 4.35. The van der Waals surface area contributed by atoms with E-state index in [0.29, 0.717) is 0 Å².